The Kier molecular flexibility index (Phi) is 3.24. The molecule has 0 spiro atoms. The molecule has 16 heavy (non-hydrogen) atoms. The van der Waals surface area contributed by atoms with Gasteiger partial charge in [-0.1, -0.05) is 25.7 Å². The van der Waals surface area contributed by atoms with Gasteiger partial charge in [-0.15, -0.1) is 0 Å². The lowest BCUT2D eigenvalue weighted by molar-refractivity contribution is 0.236. The van der Waals surface area contributed by atoms with Gasteiger partial charge in [0.15, 0.2) is 0 Å². The summed E-state index contributed by atoms with van der Waals surface area (Å²) in [5.74, 6) is 3.10. The van der Waals surface area contributed by atoms with Crippen LogP contribution in [0.3, 0.4) is 0 Å². The van der Waals surface area contributed by atoms with E-state index < -0.39 is 0 Å². The van der Waals surface area contributed by atoms with Crippen LogP contribution in [-0.4, -0.2) is 12.1 Å². The predicted molar refractivity (Wildman–Crippen MR) is 68.4 cm³/mol. The van der Waals surface area contributed by atoms with Crippen LogP contribution in [0.25, 0.3) is 0 Å². The largest absolute Gasteiger partial charge is 0.311 e. The molecule has 0 radical (unpaired) electrons. The van der Waals surface area contributed by atoms with Gasteiger partial charge in [0.1, 0.15) is 0 Å². The number of fused-ring (bicyclic) bond motifs is 2. The molecular formula is C15H27N. The lowest BCUT2D eigenvalue weighted by atomic mass is 9.83. The van der Waals surface area contributed by atoms with E-state index in [0.29, 0.717) is 0 Å². The molecule has 0 amide bonds. The van der Waals surface area contributed by atoms with Gasteiger partial charge in [-0.25, -0.2) is 0 Å². The van der Waals surface area contributed by atoms with Crippen LogP contribution in [0, 0.1) is 17.8 Å². The maximum absolute atomic E-state index is 3.98. The van der Waals surface area contributed by atoms with E-state index in [-0.39, 0.29) is 0 Å². The van der Waals surface area contributed by atoms with E-state index in [1.165, 1.54) is 57.8 Å². The molecule has 4 atom stereocenters. The summed E-state index contributed by atoms with van der Waals surface area (Å²) in [5.41, 5.74) is 0. The summed E-state index contributed by atoms with van der Waals surface area (Å²) >= 11 is 0. The second-order valence-corrected chi connectivity index (χ2v) is 6.63. The van der Waals surface area contributed by atoms with E-state index in [1.807, 2.05) is 0 Å². The van der Waals surface area contributed by atoms with E-state index in [2.05, 4.69) is 12.2 Å². The van der Waals surface area contributed by atoms with Crippen molar-refractivity contribution >= 4 is 0 Å². The molecule has 2 bridgehead atoms. The topological polar surface area (TPSA) is 12.0 Å². The Morgan fingerprint density at radius 2 is 1.75 bits per heavy atom. The molecule has 4 unspecified atom stereocenters. The molecule has 0 aliphatic heterocycles. The highest BCUT2D eigenvalue weighted by molar-refractivity contribution is 4.95. The molecule has 92 valence electrons. The van der Waals surface area contributed by atoms with Crippen molar-refractivity contribution in [3.05, 3.63) is 0 Å². The highest BCUT2D eigenvalue weighted by atomic mass is 15.0. The van der Waals surface area contributed by atoms with Gasteiger partial charge in [-0.2, -0.15) is 0 Å². The summed E-state index contributed by atoms with van der Waals surface area (Å²) in [6.45, 7) is 2.45. The molecule has 0 saturated heterocycles. The van der Waals surface area contributed by atoms with Crippen LogP contribution >= 0.6 is 0 Å². The average molecular weight is 221 g/mol. The normalized spacial score (nSPS) is 41.4. The molecule has 3 rings (SSSR count). The van der Waals surface area contributed by atoms with Crippen LogP contribution < -0.4 is 5.32 Å². The highest BCUT2D eigenvalue weighted by Gasteiger charge is 2.40. The van der Waals surface area contributed by atoms with Crippen LogP contribution in [0.2, 0.25) is 0 Å². The first kappa shape index (κ1) is 11.1. The molecule has 0 aromatic carbocycles. The van der Waals surface area contributed by atoms with Crippen LogP contribution in [0.5, 0.6) is 0 Å². The summed E-state index contributed by atoms with van der Waals surface area (Å²) in [5, 5.41) is 3.98. The van der Waals surface area contributed by atoms with Crippen molar-refractivity contribution in [2.24, 2.45) is 17.8 Å². The summed E-state index contributed by atoms with van der Waals surface area (Å²) in [7, 11) is 0. The van der Waals surface area contributed by atoms with E-state index in [0.717, 1.165) is 29.8 Å². The first-order valence-corrected chi connectivity index (χ1v) is 7.59. The van der Waals surface area contributed by atoms with Crippen LogP contribution in [0.15, 0.2) is 0 Å². The number of hydrogen-bond acceptors (Lipinski definition) is 1. The zero-order valence-electron chi connectivity index (χ0n) is 10.8. The third-order valence-electron chi connectivity index (χ3n) is 5.57. The summed E-state index contributed by atoms with van der Waals surface area (Å²) in [4.78, 5) is 0. The molecule has 3 aliphatic rings. The zero-order valence-corrected chi connectivity index (χ0v) is 10.8. The third kappa shape index (κ3) is 2.16. The van der Waals surface area contributed by atoms with E-state index >= 15 is 0 Å². The Bertz CT molecular complexity index is 232. The van der Waals surface area contributed by atoms with E-state index in [1.54, 1.807) is 0 Å². The van der Waals surface area contributed by atoms with Gasteiger partial charge in [0.2, 0.25) is 0 Å². The van der Waals surface area contributed by atoms with E-state index in [9.17, 15) is 0 Å². The molecule has 0 heterocycles. The fourth-order valence-corrected chi connectivity index (χ4v) is 4.56. The molecule has 0 aromatic rings. The highest BCUT2D eigenvalue weighted by Crippen LogP contribution is 2.44. The summed E-state index contributed by atoms with van der Waals surface area (Å²) < 4.78 is 0. The van der Waals surface area contributed by atoms with E-state index in [4.69, 9.17) is 0 Å². The molecule has 3 saturated carbocycles. The van der Waals surface area contributed by atoms with Crippen LogP contribution in [-0.2, 0) is 0 Å². The maximum Gasteiger partial charge on any atom is 0.0101 e. The number of rotatable bonds is 3. The summed E-state index contributed by atoms with van der Waals surface area (Å²) in [6, 6.07) is 1.67. The fraction of sp³-hybridized carbons (Fsp3) is 1.00. The van der Waals surface area contributed by atoms with Gasteiger partial charge in [0.05, 0.1) is 0 Å². The Labute approximate surface area is 100 Å². The molecule has 1 nitrogen and oxygen atoms in total. The Balaban J connectivity index is 1.50. The van der Waals surface area contributed by atoms with Gasteiger partial charge in [-0.05, 0) is 56.8 Å². The Morgan fingerprint density at radius 1 is 0.938 bits per heavy atom. The fourth-order valence-electron chi connectivity index (χ4n) is 4.56. The molecule has 1 N–H and O–H groups in total. The van der Waals surface area contributed by atoms with Crippen molar-refractivity contribution in [3.63, 3.8) is 0 Å². The van der Waals surface area contributed by atoms with Gasteiger partial charge in [0.25, 0.3) is 0 Å². The molecule has 3 fully saturated rings. The van der Waals surface area contributed by atoms with Crippen molar-refractivity contribution in [1.82, 2.24) is 5.32 Å². The zero-order chi connectivity index (χ0) is 11.0. The second kappa shape index (κ2) is 4.68. The number of hydrogen-bond donors (Lipinski definition) is 1. The Morgan fingerprint density at radius 3 is 2.38 bits per heavy atom. The first-order chi connectivity index (χ1) is 7.83. The van der Waals surface area contributed by atoms with Gasteiger partial charge in [-0.3, -0.25) is 0 Å². The van der Waals surface area contributed by atoms with Crippen molar-refractivity contribution in [2.45, 2.75) is 76.8 Å². The lowest BCUT2D eigenvalue weighted by Gasteiger charge is -2.33. The monoisotopic (exact) mass is 221 g/mol. The Hall–Kier alpha value is -0.0400. The van der Waals surface area contributed by atoms with Crippen molar-refractivity contribution in [3.8, 4) is 0 Å². The lowest BCUT2D eigenvalue weighted by Crippen LogP contribution is -2.44. The van der Waals surface area contributed by atoms with Gasteiger partial charge < -0.3 is 5.32 Å². The van der Waals surface area contributed by atoms with Crippen LogP contribution in [0.1, 0.15) is 64.7 Å². The third-order valence-corrected chi connectivity index (χ3v) is 5.57. The average Bonchev–Trinajstić information content (AvgIpc) is 2.92. The second-order valence-electron chi connectivity index (χ2n) is 6.63. The number of nitrogens with one attached hydrogen (secondary N) is 1. The van der Waals surface area contributed by atoms with Gasteiger partial charge >= 0.3 is 0 Å². The smallest absolute Gasteiger partial charge is 0.0101 e. The molecule has 3 aliphatic carbocycles. The maximum atomic E-state index is 3.98. The molecular weight excluding hydrogens is 194 g/mol. The minimum absolute atomic E-state index is 0.782. The van der Waals surface area contributed by atoms with Crippen LogP contribution in [0.4, 0.5) is 0 Å². The molecule has 0 aromatic heterocycles. The van der Waals surface area contributed by atoms with Crippen molar-refractivity contribution in [2.75, 3.05) is 0 Å². The predicted octanol–water partition coefficient (Wildman–Crippen LogP) is 3.73. The van der Waals surface area contributed by atoms with Crippen molar-refractivity contribution in [1.29, 1.82) is 0 Å². The quantitative estimate of drug-likeness (QED) is 0.765. The minimum Gasteiger partial charge on any atom is -0.311 e. The summed E-state index contributed by atoms with van der Waals surface area (Å²) in [6.07, 6.45) is 13.5. The van der Waals surface area contributed by atoms with Gasteiger partial charge in [0, 0.05) is 12.1 Å². The van der Waals surface area contributed by atoms with Crippen molar-refractivity contribution < 1.29 is 0 Å². The molecule has 1 heteroatoms. The SMILES string of the molecule is CC(NC1CC2CCC1C2)C1CCCCC1. The standard InChI is InChI=1S/C15H27N/c1-11(13-5-3-2-4-6-13)16-15-10-12-7-8-14(15)9-12/h11-16H,2-10H2,1H3. The minimum atomic E-state index is 0.782. The first-order valence-electron chi connectivity index (χ1n) is 7.59.